The summed E-state index contributed by atoms with van der Waals surface area (Å²) in [5.74, 6) is 0.973. The van der Waals surface area contributed by atoms with E-state index < -0.39 is 0 Å². The molecule has 0 aliphatic rings. The van der Waals surface area contributed by atoms with Crippen LogP contribution in [-0.2, 0) is 0 Å². The highest BCUT2D eigenvalue weighted by Crippen LogP contribution is 2.21. The smallest absolute Gasteiger partial charge is 0.294 e. The largest absolute Gasteiger partial charge is 0.422 e. The second kappa shape index (κ2) is 3.01. The second-order valence-electron chi connectivity index (χ2n) is 1.90. The Bertz CT molecular complexity index is 288. The van der Waals surface area contributed by atoms with Gasteiger partial charge in [-0.05, 0) is 19.7 Å². The Morgan fingerprint density at radius 3 is 3.00 bits per heavy atom. The highest BCUT2D eigenvalue weighted by Gasteiger charge is 2.04. The van der Waals surface area contributed by atoms with Gasteiger partial charge < -0.3 is 10.2 Å². The zero-order valence-electron chi connectivity index (χ0n) is 6.24. The van der Waals surface area contributed by atoms with Gasteiger partial charge in [-0.2, -0.15) is 4.98 Å². The fraction of sp³-hybridized carbons (Fsp3) is 0.143. The van der Waals surface area contributed by atoms with Crippen molar-refractivity contribution in [2.24, 2.45) is 4.99 Å². The minimum absolute atomic E-state index is 0.112. The van der Waals surface area contributed by atoms with Crippen LogP contribution in [0.25, 0.3) is 6.08 Å². The molecule has 0 saturated carbocycles. The van der Waals surface area contributed by atoms with Gasteiger partial charge in [-0.3, -0.25) is 0 Å². The van der Waals surface area contributed by atoms with Crippen LogP contribution < -0.4 is 5.73 Å². The Morgan fingerprint density at radius 1 is 1.73 bits per heavy atom. The summed E-state index contributed by atoms with van der Waals surface area (Å²) >= 11 is 0. The average molecular weight is 151 g/mol. The molecule has 0 atom stereocenters. The normalized spacial score (nSPS) is 10.6. The van der Waals surface area contributed by atoms with Gasteiger partial charge in [0.2, 0.25) is 0 Å². The first-order chi connectivity index (χ1) is 5.27. The monoisotopic (exact) mass is 151 g/mol. The van der Waals surface area contributed by atoms with Gasteiger partial charge in [-0.1, -0.05) is 6.08 Å². The van der Waals surface area contributed by atoms with E-state index in [9.17, 15) is 0 Å². The van der Waals surface area contributed by atoms with Crippen LogP contribution in [0.5, 0.6) is 0 Å². The summed E-state index contributed by atoms with van der Waals surface area (Å²) in [6.45, 7) is 5.19. The lowest BCUT2D eigenvalue weighted by atomic mass is 10.4. The van der Waals surface area contributed by atoms with E-state index in [-0.39, 0.29) is 6.01 Å². The number of aromatic nitrogens is 1. The Hall–Kier alpha value is -1.58. The maximum absolute atomic E-state index is 5.29. The zero-order valence-corrected chi connectivity index (χ0v) is 6.24. The molecule has 0 amide bonds. The molecule has 0 aliphatic carbocycles. The minimum Gasteiger partial charge on any atom is -0.422 e. The molecule has 4 heteroatoms. The van der Waals surface area contributed by atoms with Crippen molar-refractivity contribution >= 4 is 24.6 Å². The fourth-order valence-corrected chi connectivity index (χ4v) is 0.714. The van der Waals surface area contributed by atoms with Crippen molar-refractivity contribution in [3.8, 4) is 0 Å². The molecular weight excluding hydrogens is 142 g/mol. The molecule has 2 N–H and O–H groups in total. The quantitative estimate of drug-likeness (QED) is 0.653. The maximum Gasteiger partial charge on any atom is 0.294 e. The predicted octanol–water partition coefficient (Wildman–Crippen LogP) is 1.62. The highest BCUT2D eigenvalue weighted by atomic mass is 16.4. The van der Waals surface area contributed by atoms with Gasteiger partial charge >= 0.3 is 0 Å². The molecule has 58 valence electrons. The first-order valence-corrected chi connectivity index (χ1v) is 3.13. The molecule has 0 saturated heterocycles. The summed E-state index contributed by atoms with van der Waals surface area (Å²) < 4.78 is 4.99. The molecule has 0 spiro atoms. The van der Waals surface area contributed by atoms with Gasteiger partial charge in [0.1, 0.15) is 0 Å². The molecule has 0 aromatic carbocycles. The Balaban J connectivity index is 3.11. The number of nitrogens with two attached hydrogens (primary N) is 1. The van der Waals surface area contributed by atoms with Crippen LogP contribution in [0.15, 0.2) is 15.5 Å². The van der Waals surface area contributed by atoms with Crippen LogP contribution in [0.4, 0.5) is 11.8 Å². The Labute approximate surface area is 64.5 Å². The lowest BCUT2D eigenvalue weighted by Gasteiger charge is -1.82. The van der Waals surface area contributed by atoms with Gasteiger partial charge in [0.05, 0.1) is 0 Å². The molecule has 1 aromatic heterocycles. The van der Waals surface area contributed by atoms with Crippen LogP contribution in [-0.4, -0.2) is 11.7 Å². The number of nitrogens with zero attached hydrogens (tertiary/aromatic N) is 2. The van der Waals surface area contributed by atoms with Gasteiger partial charge in [0.25, 0.3) is 6.01 Å². The molecule has 0 aliphatic heterocycles. The number of anilines is 1. The van der Waals surface area contributed by atoms with Crippen LogP contribution in [0, 0.1) is 0 Å². The molecule has 4 nitrogen and oxygen atoms in total. The summed E-state index contributed by atoms with van der Waals surface area (Å²) in [7, 11) is 0. The lowest BCUT2D eigenvalue weighted by Crippen LogP contribution is -1.80. The van der Waals surface area contributed by atoms with Crippen molar-refractivity contribution in [3.05, 3.63) is 11.8 Å². The van der Waals surface area contributed by atoms with Gasteiger partial charge in [-0.25, -0.2) is 4.99 Å². The molecule has 1 rings (SSSR count). The number of hydrogen-bond donors (Lipinski definition) is 1. The zero-order chi connectivity index (χ0) is 8.27. The third-order valence-electron chi connectivity index (χ3n) is 1.12. The first-order valence-electron chi connectivity index (χ1n) is 3.13. The van der Waals surface area contributed by atoms with E-state index in [2.05, 4.69) is 16.7 Å². The van der Waals surface area contributed by atoms with E-state index in [1.165, 1.54) is 0 Å². The number of hydrogen-bond acceptors (Lipinski definition) is 4. The molecule has 1 aromatic rings. The fourth-order valence-electron chi connectivity index (χ4n) is 0.714. The molecule has 0 fully saturated rings. The third kappa shape index (κ3) is 1.46. The van der Waals surface area contributed by atoms with Crippen molar-refractivity contribution in [1.29, 1.82) is 0 Å². The third-order valence-corrected chi connectivity index (χ3v) is 1.12. The number of aliphatic imine (C=N–C) groups is 1. The number of allylic oxidation sites excluding steroid dienone is 1. The highest BCUT2D eigenvalue weighted by molar-refractivity contribution is 5.58. The Morgan fingerprint density at radius 2 is 2.45 bits per heavy atom. The van der Waals surface area contributed by atoms with Crippen molar-refractivity contribution in [1.82, 2.24) is 4.98 Å². The molecule has 0 radical (unpaired) electrons. The van der Waals surface area contributed by atoms with Crippen molar-refractivity contribution < 1.29 is 4.42 Å². The second-order valence-corrected chi connectivity index (χ2v) is 1.90. The minimum atomic E-state index is 0.112. The molecule has 0 bridgehead atoms. The average Bonchev–Trinajstić information content (AvgIpc) is 2.32. The summed E-state index contributed by atoms with van der Waals surface area (Å²) in [5.41, 5.74) is 5.29. The van der Waals surface area contributed by atoms with E-state index in [1.54, 1.807) is 6.08 Å². The van der Waals surface area contributed by atoms with Crippen LogP contribution in [0.1, 0.15) is 12.7 Å². The van der Waals surface area contributed by atoms with Gasteiger partial charge in [-0.15, -0.1) is 0 Å². The molecule has 0 unspecified atom stereocenters. The summed E-state index contributed by atoms with van der Waals surface area (Å²) in [4.78, 5) is 7.40. The van der Waals surface area contributed by atoms with E-state index in [1.807, 2.05) is 13.0 Å². The molecule has 11 heavy (non-hydrogen) atoms. The standard InChI is InChI=1S/C7H9N3O/c1-3-4-5-6(9-2)10-7(8)11-5/h3-4H,2H2,1H3,(H2,8,10)/b4-3-. The SMILES string of the molecule is C=Nc1nc(N)oc1/C=C\C. The van der Waals surface area contributed by atoms with Crippen LogP contribution in [0.3, 0.4) is 0 Å². The summed E-state index contributed by atoms with van der Waals surface area (Å²) in [6.07, 6.45) is 3.54. The molecular formula is C7H9N3O. The van der Waals surface area contributed by atoms with Crippen LogP contribution >= 0.6 is 0 Å². The topological polar surface area (TPSA) is 64.4 Å². The predicted molar refractivity (Wildman–Crippen MR) is 44.8 cm³/mol. The van der Waals surface area contributed by atoms with E-state index in [0.717, 1.165) is 0 Å². The van der Waals surface area contributed by atoms with E-state index >= 15 is 0 Å². The first kappa shape index (κ1) is 7.53. The number of nitrogen functional groups attached to an aromatic ring is 1. The lowest BCUT2D eigenvalue weighted by molar-refractivity contribution is 0.571. The number of rotatable bonds is 2. The van der Waals surface area contributed by atoms with Crippen molar-refractivity contribution in [2.75, 3.05) is 5.73 Å². The van der Waals surface area contributed by atoms with Crippen LogP contribution in [0.2, 0.25) is 0 Å². The summed E-state index contributed by atoms with van der Waals surface area (Å²) in [5, 5.41) is 0. The molecule has 1 heterocycles. The summed E-state index contributed by atoms with van der Waals surface area (Å²) in [6, 6.07) is 0.112. The number of oxazole rings is 1. The van der Waals surface area contributed by atoms with Crippen molar-refractivity contribution in [3.63, 3.8) is 0 Å². The van der Waals surface area contributed by atoms with Gasteiger partial charge in [0, 0.05) is 0 Å². The van der Waals surface area contributed by atoms with Gasteiger partial charge in [0.15, 0.2) is 11.6 Å². The maximum atomic E-state index is 5.29. The van der Waals surface area contributed by atoms with E-state index in [0.29, 0.717) is 11.6 Å². The Kier molecular flexibility index (Phi) is 2.06. The van der Waals surface area contributed by atoms with Crippen molar-refractivity contribution in [2.45, 2.75) is 6.92 Å². The van der Waals surface area contributed by atoms with E-state index in [4.69, 9.17) is 10.2 Å².